The van der Waals surface area contributed by atoms with Crippen LogP contribution in [0.2, 0.25) is 0 Å². The van der Waals surface area contributed by atoms with Gasteiger partial charge >= 0.3 is 0 Å². The predicted octanol–water partition coefficient (Wildman–Crippen LogP) is 1.85. The molecule has 0 aliphatic carbocycles. The number of ketones is 1. The van der Waals surface area contributed by atoms with E-state index in [1.807, 2.05) is 24.3 Å². The van der Waals surface area contributed by atoms with Crippen molar-refractivity contribution in [3.05, 3.63) is 37.0 Å². The Labute approximate surface area is 80.0 Å². The van der Waals surface area contributed by atoms with E-state index in [4.69, 9.17) is 0 Å². The second kappa shape index (κ2) is 8.94. The minimum absolute atomic E-state index is 0.250. The third-order valence-corrected chi connectivity index (χ3v) is 1.46. The Kier molecular flexibility index (Phi) is 8.15. The van der Waals surface area contributed by atoms with Crippen molar-refractivity contribution in [2.24, 2.45) is 0 Å². The van der Waals surface area contributed by atoms with E-state index >= 15 is 0 Å². The smallest absolute Gasteiger partial charge is 0.146 e. The second-order valence-corrected chi connectivity index (χ2v) is 2.66. The number of rotatable bonds is 7. The largest absolute Gasteiger partial charge is 0.313 e. The zero-order chi connectivity index (χ0) is 9.94. The molecule has 0 saturated heterocycles. The molecule has 0 fully saturated rings. The fourth-order valence-corrected chi connectivity index (χ4v) is 0.847. The van der Waals surface area contributed by atoms with Gasteiger partial charge in [0.05, 0.1) is 6.54 Å². The van der Waals surface area contributed by atoms with Crippen molar-refractivity contribution in [3.8, 4) is 0 Å². The van der Waals surface area contributed by atoms with Crippen molar-refractivity contribution < 1.29 is 4.79 Å². The molecule has 0 spiro atoms. The molecule has 0 aliphatic rings. The molecule has 0 radical (unpaired) electrons. The Bertz CT molecular complexity index is 204. The maximum atomic E-state index is 11.0. The molecule has 2 nitrogen and oxygen atoms in total. The summed E-state index contributed by atoms with van der Waals surface area (Å²) >= 11 is 0. The third-order valence-electron chi connectivity index (χ3n) is 1.46. The SMILES string of the molecule is C=C/C=C\C=C/CCC(=O)CNC. The molecule has 13 heavy (non-hydrogen) atoms. The average Bonchev–Trinajstić information content (AvgIpc) is 2.11. The van der Waals surface area contributed by atoms with Gasteiger partial charge < -0.3 is 5.32 Å². The summed E-state index contributed by atoms with van der Waals surface area (Å²) in [4.78, 5) is 11.0. The van der Waals surface area contributed by atoms with Crippen molar-refractivity contribution in [1.29, 1.82) is 0 Å². The van der Waals surface area contributed by atoms with Crippen molar-refractivity contribution in [2.75, 3.05) is 13.6 Å². The molecule has 0 heterocycles. The Morgan fingerprint density at radius 3 is 2.77 bits per heavy atom. The molecule has 0 amide bonds. The molecule has 2 heteroatoms. The van der Waals surface area contributed by atoms with E-state index in [2.05, 4.69) is 11.9 Å². The standard InChI is InChI=1S/C11H17NO/c1-3-4-5-6-7-8-9-11(13)10-12-2/h3-7,12H,1,8-10H2,2H3/b5-4-,7-6-. The van der Waals surface area contributed by atoms with Crippen LogP contribution in [0.25, 0.3) is 0 Å². The van der Waals surface area contributed by atoms with E-state index in [9.17, 15) is 4.79 Å². The fraction of sp³-hybridized carbons (Fsp3) is 0.364. The molecule has 72 valence electrons. The Morgan fingerprint density at radius 2 is 2.15 bits per heavy atom. The summed E-state index contributed by atoms with van der Waals surface area (Å²) in [7, 11) is 1.78. The molecular weight excluding hydrogens is 162 g/mol. The van der Waals surface area contributed by atoms with Gasteiger partial charge in [0.2, 0.25) is 0 Å². The molecule has 0 atom stereocenters. The van der Waals surface area contributed by atoms with Crippen LogP contribution in [0.1, 0.15) is 12.8 Å². The van der Waals surface area contributed by atoms with Crippen molar-refractivity contribution in [1.82, 2.24) is 5.32 Å². The first-order chi connectivity index (χ1) is 6.31. The fourth-order valence-electron chi connectivity index (χ4n) is 0.847. The first-order valence-electron chi connectivity index (χ1n) is 4.41. The quantitative estimate of drug-likeness (QED) is 0.604. The van der Waals surface area contributed by atoms with Gasteiger partial charge in [-0.3, -0.25) is 4.79 Å². The molecule has 1 N–H and O–H groups in total. The van der Waals surface area contributed by atoms with Gasteiger partial charge in [0.1, 0.15) is 5.78 Å². The van der Waals surface area contributed by atoms with Crippen LogP contribution in [0.3, 0.4) is 0 Å². The van der Waals surface area contributed by atoms with Crippen LogP contribution in [-0.2, 0) is 4.79 Å². The second-order valence-electron chi connectivity index (χ2n) is 2.66. The molecule has 0 aromatic carbocycles. The van der Waals surface area contributed by atoms with Crippen molar-refractivity contribution >= 4 is 5.78 Å². The van der Waals surface area contributed by atoms with E-state index in [-0.39, 0.29) is 5.78 Å². The van der Waals surface area contributed by atoms with Gasteiger partial charge in [0.25, 0.3) is 0 Å². The number of hydrogen-bond acceptors (Lipinski definition) is 2. The summed E-state index contributed by atoms with van der Waals surface area (Å²) in [6, 6.07) is 0. The summed E-state index contributed by atoms with van der Waals surface area (Å²) < 4.78 is 0. The highest BCUT2D eigenvalue weighted by atomic mass is 16.1. The molecule has 0 aliphatic heterocycles. The summed E-state index contributed by atoms with van der Waals surface area (Å²) in [5, 5.41) is 2.83. The summed E-state index contributed by atoms with van der Waals surface area (Å²) in [5.74, 6) is 0.250. The minimum atomic E-state index is 0.250. The lowest BCUT2D eigenvalue weighted by Crippen LogP contribution is -2.17. The third kappa shape index (κ3) is 8.76. The highest BCUT2D eigenvalue weighted by Gasteiger charge is 1.95. The highest BCUT2D eigenvalue weighted by molar-refractivity contribution is 5.80. The van der Waals surface area contributed by atoms with E-state index in [0.717, 1.165) is 6.42 Å². The first kappa shape index (κ1) is 11.8. The number of nitrogens with one attached hydrogen (secondary N) is 1. The summed E-state index contributed by atoms with van der Waals surface area (Å²) in [6.45, 7) is 4.02. The number of carbonyl (C=O) groups excluding carboxylic acids is 1. The lowest BCUT2D eigenvalue weighted by Gasteiger charge is -1.94. The lowest BCUT2D eigenvalue weighted by molar-refractivity contribution is -0.118. The molecular formula is C11H17NO. The van der Waals surface area contributed by atoms with Gasteiger partial charge in [0.15, 0.2) is 0 Å². The van der Waals surface area contributed by atoms with Gasteiger partial charge in [-0.05, 0) is 13.5 Å². The van der Waals surface area contributed by atoms with Crippen LogP contribution in [0.15, 0.2) is 37.0 Å². The molecule has 0 saturated carbocycles. The van der Waals surface area contributed by atoms with Gasteiger partial charge in [0, 0.05) is 6.42 Å². The van der Waals surface area contributed by atoms with E-state index in [1.54, 1.807) is 13.1 Å². The molecule has 0 unspecified atom stereocenters. The van der Waals surface area contributed by atoms with E-state index in [0.29, 0.717) is 13.0 Å². The highest BCUT2D eigenvalue weighted by Crippen LogP contribution is 1.92. The van der Waals surface area contributed by atoms with E-state index in [1.165, 1.54) is 0 Å². The van der Waals surface area contributed by atoms with Crippen molar-refractivity contribution in [2.45, 2.75) is 12.8 Å². The maximum absolute atomic E-state index is 11.0. The maximum Gasteiger partial charge on any atom is 0.146 e. The topological polar surface area (TPSA) is 29.1 Å². The van der Waals surface area contributed by atoms with E-state index < -0.39 is 0 Å². The normalized spacial score (nSPS) is 11.2. The van der Waals surface area contributed by atoms with Gasteiger partial charge in [-0.15, -0.1) is 0 Å². The number of Topliss-reactive ketones (excluding diaryl/α,β-unsaturated/α-hetero) is 1. The average molecular weight is 179 g/mol. The summed E-state index contributed by atoms with van der Waals surface area (Å²) in [6.07, 6.45) is 10.8. The van der Waals surface area contributed by atoms with Crippen LogP contribution >= 0.6 is 0 Å². The number of allylic oxidation sites excluding steroid dienone is 5. The predicted molar refractivity (Wildman–Crippen MR) is 56.6 cm³/mol. The van der Waals surface area contributed by atoms with Gasteiger partial charge in [-0.2, -0.15) is 0 Å². The van der Waals surface area contributed by atoms with Crippen LogP contribution in [0.4, 0.5) is 0 Å². The van der Waals surface area contributed by atoms with Gasteiger partial charge in [-0.25, -0.2) is 0 Å². The van der Waals surface area contributed by atoms with Crippen LogP contribution in [-0.4, -0.2) is 19.4 Å². The van der Waals surface area contributed by atoms with Crippen LogP contribution < -0.4 is 5.32 Å². The van der Waals surface area contributed by atoms with Crippen LogP contribution in [0, 0.1) is 0 Å². The Hall–Kier alpha value is -1.15. The Balaban J connectivity index is 3.43. The first-order valence-corrected chi connectivity index (χ1v) is 4.41. The van der Waals surface area contributed by atoms with Crippen LogP contribution in [0.5, 0.6) is 0 Å². The monoisotopic (exact) mass is 179 g/mol. The summed E-state index contributed by atoms with van der Waals surface area (Å²) in [5.41, 5.74) is 0. The molecule has 0 bridgehead atoms. The number of carbonyl (C=O) groups is 1. The number of hydrogen-bond donors (Lipinski definition) is 1. The lowest BCUT2D eigenvalue weighted by atomic mass is 10.2. The van der Waals surface area contributed by atoms with Gasteiger partial charge in [-0.1, -0.05) is 37.0 Å². The van der Waals surface area contributed by atoms with Crippen molar-refractivity contribution in [3.63, 3.8) is 0 Å². The zero-order valence-electron chi connectivity index (χ0n) is 8.12. The molecule has 0 rings (SSSR count). The molecule has 0 aromatic rings. The molecule has 0 aromatic heterocycles. The Morgan fingerprint density at radius 1 is 1.38 bits per heavy atom. The minimum Gasteiger partial charge on any atom is -0.313 e. The zero-order valence-corrected chi connectivity index (χ0v) is 8.12. The number of likely N-dealkylation sites (N-methyl/N-ethyl adjacent to an activating group) is 1.